The van der Waals surface area contributed by atoms with Crippen LogP contribution in [-0.2, 0) is 6.54 Å². The van der Waals surface area contributed by atoms with Gasteiger partial charge in [0.25, 0.3) is 0 Å². The highest BCUT2D eigenvalue weighted by Crippen LogP contribution is 2.08. The third-order valence-electron chi connectivity index (χ3n) is 2.37. The van der Waals surface area contributed by atoms with Crippen LogP contribution in [0.25, 0.3) is 10.8 Å². The van der Waals surface area contributed by atoms with Crippen molar-refractivity contribution in [3.8, 4) is 0 Å². The van der Waals surface area contributed by atoms with E-state index in [1.54, 1.807) is 0 Å². The summed E-state index contributed by atoms with van der Waals surface area (Å²) in [5.41, 5.74) is 0. The fraction of sp³-hybridized carbons (Fsp3) is 0.333. The second-order valence-corrected chi connectivity index (χ2v) is 3.52. The number of aromatic nitrogens is 2. The Hall–Kier alpha value is -1.44. The van der Waals surface area contributed by atoms with Gasteiger partial charge in [-0.1, -0.05) is 36.2 Å². The van der Waals surface area contributed by atoms with E-state index in [1.165, 1.54) is 23.6 Å². The molecule has 2 aromatic rings. The highest BCUT2D eigenvalue weighted by Gasteiger charge is 2.02. The zero-order chi connectivity index (χ0) is 9.80. The minimum Gasteiger partial charge on any atom is -0.0906 e. The first-order valence-electron chi connectivity index (χ1n) is 5.14. The molecule has 0 fully saturated rings. The molecule has 0 saturated carbocycles. The molecule has 1 aromatic carbocycles. The Balaban J connectivity index is 2.32. The van der Waals surface area contributed by atoms with Gasteiger partial charge < -0.3 is 0 Å². The van der Waals surface area contributed by atoms with Crippen molar-refractivity contribution in [3.05, 3.63) is 36.7 Å². The van der Waals surface area contributed by atoms with Gasteiger partial charge in [0, 0.05) is 17.2 Å². The molecule has 2 nitrogen and oxygen atoms in total. The number of aryl methyl sites for hydroxylation is 1. The molecule has 0 amide bonds. The van der Waals surface area contributed by atoms with Crippen molar-refractivity contribution in [2.75, 3.05) is 0 Å². The summed E-state index contributed by atoms with van der Waals surface area (Å²) in [5, 5.41) is 6.83. The predicted molar refractivity (Wildman–Crippen MR) is 56.8 cm³/mol. The third kappa shape index (κ3) is 1.90. The summed E-state index contributed by atoms with van der Waals surface area (Å²) < 4.78 is 2.02. The lowest BCUT2D eigenvalue weighted by Crippen LogP contribution is -2.37. The largest absolute Gasteiger partial charge is 0.204 e. The molecule has 0 N–H and O–H groups in total. The highest BCUT2D eigenvalue weighted by molar-refractivity contribution is 5.79. The molecule has 0 spiro atoms. The van der Waals surface area contributed by atoms with Gasteiger partial charge in [-0.25, -0.2) is 0 Å². The van der Waals surface area contributed by atoms with E-state index in [0.717, 1.165) is 6.54 Å². The number of rotatable bonds is 3. The first kappa shape index (κ1) is 9.13. The van der Waals surface area contributed by atoms with Gasteiger partial charge >= 0.3 is 0 Å². The molecule has 0 aliphatic heterocycles. The van der Waals surface area contributed by atoms with Crippen molar-refractivity contribution in [3.63, 3.8) is 0 Å². The average Bonchev–Trinajstić information content (AvgIpc) is 2.26. The number of hydrogen-bond acceptors (Lipinski definition) is 1. The van der Waals surface area contributed by atoms with Crippen LogP contribution in [0.1, 0.15) is 19.8 Å². The van der Waals surface area contributed by atoms with Crippen LogP contribution in [0.2, 0.25) is 0 Å². The van der Waals surface area contributed by atoms with Crippen molar-refractivity contribution in [1.82, 2.24) is 5.10 Å². The van der Waals surface area contributed by atoms with E-state index in [0.29, 0.717) is 0 Å². The molecular weight excluding hydrogens is 172 g/mol. The first-order chi connectivity index (χ1) is 6.90. The second kappa shape index (κ2) is 4.18. The molecule has 1 heterocycles. The molecule has 14 heavy (non-hydrogen) atoms. The molecule has 1 aromatic heterocycles. The topological polar surface area (TPSA) is 16.8 Å². The number of hydrogen-bond donors (Lipinski definition) is 0. The fourth-order valence-electron chi connectivity index (χ4n) is 1.52. The van der Waals surface area contributed by atoms with Crippen LogP contribution in [0.4, 0.5) is 0 Å². The SMILES string of the molecule is CCCC[n+]1cc2ccccc2cn1. The highest BCUT2D eigenvalue weighted by atomic mass is 15.2. The summed E-state index contributed by atoms with van der Waals surface area (Å²) in [7, 11) is 0. The lowest BCUT2D eigenvalue weighted by Gasteiger charge is -1.95. The number of benzene rings is 1. The van der Waals surface area contributed by atoms with Gasteiger partial charge in [0.2, 0.25) is 6.20 Å². The number of fused-ring (bicyclic) bond motifs is 1. The molecule has 72 valence electrons. The molecule has 0 saturated heterocycles. The lowest BCUT2D eigenvalue weighted by atomic mass is 10.2. The van der Waals surface area contributed by atoms with Crippen molar-refractivity contribution in [1.29, 1.82) is 0 Å². The van der Waals surface area contributed by atoms with Crippen LogP contribution < -0.4 is 4.68 Å². The van der Waals surface area contributed by atoms with E-state index in [1.807, 2.05) is 16.9 Å². The fourth-order valence-corrected chi connectivity index (χ4v) is 1.52. The van der Waals surface area contributed by atoms with Crippen molar-refractivity contribution >= 4 is 10.8 Å². The molecule has 0 unspecified atom stereocenters. The van der Waals surface area contributed by atoms with E-state index < -0.39 is 0 Å². The minimum atomic E-state index is 1.02. The molecule has 0 radical (unpaired) electrons. The van der Waals surface area contributed by atoms with Gasteiger partial charge in [0.15, 0.2) is 6.54 Å². The van der Waals surface area contributed by atoms with Crippen LogP contribution in [0.15, 0.2) is 36.7 Å². The predicted octanol–water partition coefficient (Wildman–Crippen LogP) is 2.32. The standard InChI is InChI=1S/C12H15N2/c1-2-3-8-14-10-12-7-5-4-6-11(12)9-13-14/h4-7,9-10H,2-3,8H2,1H3/q+1. The van der Waals surface area contributed by atoms with Crippen LogP contribution in [0.3, 0.4) is 0 Å². The summed E-state index contributed by atoms with van der Waals surface area (Å²) in [6.07, 6.45) is 6.45. The van der Waals surface area contributed by atoms with Crippen LogP contribution in [-0.4, -0.2) is 5.10 Å². The molecule has 0 bridgehead atoms. The Kier molecular flexibility index (Phi) is 2.73. The van der Waals surface area contributed by atoms with Crippen molar-refractivity contribution in [2.45, 2.75) is 26.3 Å². The first-order valence-corrected chi connectivity index (χ1v) is 5.14. The van der Waals surface area contributed by atoms with Gasteiger partial charge in [0.1, 0.15) is 6.20 Å². The summed E-state index contributed by atoms with van der Waals surface area (Å²) in [6, 6.07) is 8.32. The van der Waals surface area contributed by atoms with E-state index in [9.17, 15) is 0 Å². The Labute approximate surface area is 84.2 Å². The van der Waals surface area contributed by atoms with Crippen LogP contribution in [0.5, 0.6) is 0 Å². The maximum atomic E-state index is 4.36. The van der Waals surface area contributed by atoms with Gasteiger partial charge in [-0.05, 0) is 11.2 Å². The van der Waals surface area contributed by atoms with E-state index in [2.05, 4.69) is 36.4 Å². The zero-order valence-electron chi connectivity index (χ0n) is 8.48. The van der Waals surface area contributed by atoms with Gasteiger partial charge in [-0.15, -0.1) is 0 Å². The van der Waals surface area contributed by atoms with Crippen molar-refractivity contribution < 1.29 is 4.68 Å². The number of nitrogens with zero attached hydrogens (tertiary/aromatic N) is 2. The maximum Gasteiger partial charge on any atom is 0.204 e. The van der Waals surface area contributed by atoms with Gasteiger partial charge in [-0.3, -0.25) is 0 Å². The lowest BCUT2D eigenvalue weighted by molar-refractivity contribution is -0.752. The van der Waals surface area contributed by atoms with E-state index in [-0.39, 0.29) is 0 Å². The number of unbranched alkanes of at least 4 members (excludes halogenated alkanes) is 1. The molecule has 2 heteroatoms. The minimum absolute atomic E-state index is 1.02. The quantitative estimate of drug-likeness (QED) is 0.674. The van der Waals surface area contributed by atoms with Crippen molar-refractivity contribution in [2.24, 2.45) is 0 Å². The molecule has 2 rings (SSSR count). The maximum absolute atomic E-state index is 4.36. The summed E-state index contributed by atoms with van der Waals surface area (Å²) in [5.74, 6) is 0. The third-order valence-corrected chi connectivity index (χ3v) is 2.37. The van der Waals surface area contributed by atoms with Gasteiger partial charge in [0.05, 0.1) is 0 Å². The van der Waals surface area contributed by atoms with E-state index in [4.69, 9.17) is 0 Å². The molecule has 0 aliphatic carbocycles. The van der Waals surface area contributed by atoms with E-state index >= 15 is 0 Å². The Bertz CT molecular complexity index is 423. The summed E-state index contributed by atoms with van der Waals surface area (Å²) in [6.45, 7) is 3.21. The Morgan fingerprint density at radius 3 is 2.79 bits per heavy atom. The average molecular weight is 187 g/mol. The molecule has 0 aliphatic rings. The summed E-state index contributed by atoms with van der Waals surface area (Å²) >= 11 is 0. The van der Waals surface area contributed by atoms with Gasteiger partial charge in [-0.2, -0.15) is 0 Å². The Morgan fingerprint density at radius 2 is 2.00 bits per heavy atom. The second-order valence-electron chi connectivity index (χ2n) is 3.52. The normalized spacial score (nSPS) is 10.6. The molecular formula is C12H15N2+. The van der Waals surface area contributed by atoms with Crippen LogP contribution >= 0.6 is 0 Å². The monoisotopic (exact) mass is 187 g/mol. The Morgan fingerprint density at radius 1 is 1.21 bits per heavy atom. The van der Waals surface area contributed by atoms with Crippen LogP contribution in [0, 0.1) is 0 Å². The molecule has 0 atom stereocenters. The smallest absolute Gasteiger partial charge is 0.0906 e. The summed E-state index contributed by atoms with van der Waals surface area (Å²) in [4.78, 5) is 0. The zero-order valence-corrected chi connectivity index (χ0v) is 8.48.